The Kier molecular flexibility index (Phi) is 11.3. The molecule has 0 aromatic carbocycles. The van der Waals surface area contributed by atoms with Crippen molar-refractivity contribution in [1.29, 1.82) is 0 Å². The highest BCUT2D eigenvalue weighted by Gasteiger charge is 2.06. The molecule has 0 saturated heterocycles. The SMILES string of the molecule is CCCCCOC(=O)CCCCC(=O)OCC(C)C. The number of hydrogen-bond donors (Lipinski definition) is 0. The van der Waals surface area contributed by atoms with Gasteiger partial charge in [-0.2, -0.15) is 0 Å². The van der Waals surface area contributed by atoms with Crippen LogP contribution in [0.4, 0.5) is 0 Å². The molecule has 0 aromatic rings. The Balaban J connectivity index is 3.37. The molecule has 0 saturated carbocycles. The van der Waals surface area contributed by atoms with E-state index in [0.29, 0.717) is 44.8 Å². The average Bonchev–Trinajstić information content (AvgIpc) is 2.37. The summed E-state index contributed by atoms with van der Waals surface area (Å²) in [5.41, 5.74) is 0. The van der Waals surface area contributed by atoms with Crippen LogP contribution in [0.3, 0.4) is 0 Å². The molecule has 0 heterocycles. The third-order valence-electron chi connectivity index (χ3n) is 2.60. The molecule has 0 fully saturated rings. The van der Waals surface area contributed by atoms with Crippen LogP contribution in [0.2, 0.25) is 0 Å². The fourth-order valence-electron chi connectivity index (χ4n) is 1.48. The molecular weight excluding hydrogens is 244 g/mol. The van der Waals surface area contributed by atoms with Crippen molar-refractivity contribution in [3.05, 3.63) is 0 Å². The van der Waals surface area contributed by atoms with Gasteiger partial charge in [0.25, 0.3) is 0 Å². The normalized spacial score (nSPS) is 10.5. The van der Waals surface area contributed by atoms with Crippen LogP contribution >= 0.6 is 0 Å². The number of carbonyl (C=O) groups excluding carboxylic acids is 2. The quantitative estimate of drug-likeness (QED) is 0.427. The van der Waals surface area contributed by atoms with Gasteiger partial charge < -0.3 is 9.47 Å². The fourth-order valence-corrected chi connectivity index (χ4v) is 1.48. The van der Waals surface area contributed by atoms with Crippen LogP contribution in [-0.4, -0.2) is 25.2 Å². The van der Waals surface area contributed by atoms with Crippen LogP contribution < -0.4 is 0 Å². The second-order valence-electron chi connectivity index (χ2n) is 5.21. The largest absolute Gasteiger partial charge is 0.466 e. The van der Waals surface area contributed by atoms with Crippen molar-refractivity contribution in [2.24, 2.45) is 5.92 Å². The lowest BCUT2D eigenvalue weighted by Crippen LogP contribution is -2.10. The molecule has 4 nitrogen and oxygen atoms in total. The molecule has 19 heavy (non-hydrogen) atoms. The third-order valence-corrected chi connectivity index (χ3v) is 2.60. The molecule has 0 aliphatic heterocycles. The third kappa shape index (κ3) is 13.2. The predicted molar refractivity (Wildman–Crippen MR) is 74.7 cm³/mol. The maximum Gasteiger partial charge on any atom is 0.305 e. The Morgan fingerprint density at radius 1 is 0.895 bits per heavy atom. The summed E-state index contributed by atoms with van der Waals surface area (Å²) in [5.74, 6) is 0.0266. The first kappa shape index (κ1) is 17.9. The van der Waals surface area contributed by atoms with E-state index in [2.05, 4.69) is 6.92 Å². The Hall–Kier alpha value is -1.06. The minimum atomic E-state index is -0.176. The summed E-state index contributed by atoms with van der Waals surface area (Å²) in [6.07, 6.45) is 5.29. The standard InChI is InChI=1S/C15H28O4/c1-4-5-8-11-18-14(16)9-6-7-10-15(17)19-12-13(2)3/h13H,4-12H2,1-3H3. The van der Waals surface area contributed by atoms with Crippen molar-refractivity contribution in [1.82, 2.24) is 0 Å². The zero-order valence-corrected chi connectivity index (χ0v) is 12.6. The first-order valence-electron chi connectivity index (χ1n) is 7.37. The lowest BCUT2D eigenvalue weighted by Gasteiger charge is -2.07. The van der Waals surface area contributed by atoms with Crippen molar-refractivity contribution in [3.8, 4) is 0 Å². The molecule has 0 rings (SSSR count). The van der Waals surface area contributed by atoms with Gasteiger partial charge in [-0.25, -0.2) is 0 Å². The zero-order valence-electron chi connectivity index (χ0n) is 12.6. The van der Waals surface area contributed by atoms with E-state index >= 15 is 0 Å². The van der Waals surface area contributed by atoms with Crippen molar-refractivity contribution >= 4 is 11.9 Å². The van der Waals surface area contributed by atoms with Gasteiger partial charge in [-0.05, 0) is 25.2 Å². The van der Waals surface area contributed by atoms with E-state index in [1.165, 1.54) is 0 Å². The van der Waals surface area contributed by atoms with E-state index in [0.717, 1.165) is 19.3 Å². The summed E-state index contributed by atoms with van der Waals surface area (Å²) in [5, 5.41) is 0. The van der Waals surface area contributed by atoms with Gasteiger partial charge in [0.05, 0.1) is 13.2 Å². The molecule has 0 radical (unpaired) electrons. The van der Waals surface area contributed by atoms with Gasteiger partial charge in [0.2, 0.25) is 0 Å². The van der Waals surface area contributed by atoms with Crippen molar-refractivity contribution in [2.75, 3.05) is 13.2 Å². The van der Waals surface area contributed by atoms with Crippen molar-refractivity contribution in [3.63, 3.8) is 0 Å². The maximum absolute atomic E-state index is 11.3. The molecule has 0 aromatic heterocycles. The summed E-state index contributed by atoms with van der Waals surface area (Å²) >= 11 is 0. The Morgan fingerprint density at radius 2 is 1.47 bits per heavy atom. The number of hydrogen-bond acceptors (Lipinski definition) is 4. The number of carbonyl (C=O) groups is 2. The van der Waals surface area contributed by atoms with E-state index in [-0.39, 0.29) is 11.9 Å². The second-order valence-corrected chi connectivity index (χ2v) is 5.21. The molecule has 0 N–H and O–H groups in total. The molecule has 0 amide bonds. The average molecular weight is 272 g/mol. The number of esters is 2. The first-order chi connectivity index (χ1) is 9.06. The molecule has 4 heteroatoms. The summed E-state index contributed by atoms with van der Waals surface area (Å²) < 4.78 is 10.1. The second kappa shape index (κ2) is 12.0. The zero-order chi connectivity index (χ0) is 14.5. The monoisotopic (exact) mass is 272 g/mol. The molecular formula is C15H28O4. The molecule has 112 valence electrons. The molecule has 0 unspecified atom stereocenters. The van der Waals surface area contributed by atoms with Gasteiger partial charge in [0.1, 0.15) is 0 Å². The van der Waals surface area contributed by atoms with E-state index < -0.39 is 0 Å². The van der Waals surface area contributed by atoms with Crippen LogP contribution in [0, 0.1) is 5.92 Å². The Bertz CT molecular complexity index is 249. The number of unbranched alkanes of at least 4 members (excludes halogenated alkanes) is 3. The summed E-state index contributed by atoms with van der Waals surface area (Å²) in [7, 11) is 0. The van der Waals surface area contributed by atoms with E-state index in [9.17, 15) is 9.59 Å². The fraction of sp³-hybridized carbons (Fsp3) is 0.867. The van der Waals surface area contributed by atoms with Gasteiger partial charge >= 0.3 is 11.9 Å². The van der Waals surface area contributed by atoms with Gasteiger partial charge in [0, 0.05) is 12.8 Å². The van der Waals surface area contributed by atoms with Crippen molar-refractivity contribution in [2.45, 2.75) is 65.7 Å². The molecule has 0 atom stereocenters. The van der Waals surface area contributed by atoms with E-state index in [1.807, 2.05) is 13.8 Å². The molecule has 0 bridgehead atoms. The van der Waals surface area contributed by atoms with Crippen LogP contribution in [0.1, 0.15) is 65.7 Å². The maximum atomic E-state index is 11.3. The molecule has 0 spiro atoms. The van der Waals surface area contributed by atoms with Crippen molar-refractivity contribution < 1.29 is 19.1 Å². The summed E-state index contributed by atoms with van der Waals surface area (Å²) in [6.45, 7) is 7.10. The summed E-state index contributed by atoms with van der Waals surface area (Å²) in [4.78, 5) is 22.6. The Morgan fingerprint density at radius 3 is 2.00 bits per heavy atom. The molecule has 0 aliphatic rings. The minimum absolute atomic E-state index is 0.161. The van der Waals surface area contributed by atoms with Gasteiger partial charge in [-0.3, -0.25) is 9.59 Å². The lowest BCUT2D eigenvalue weighted by molar-refractivity contribution is -0.146. The lowest BCUT2D eigenvalue weighted by atomic mass is 10.2. The smallest absolute Gasteiger partial charge is 0.305 e. The van der Waals surface area contributed by atoms with Crippen LogP contribution in [0.25, 0.3) is 0 Å². The Labute approximate surface area is 116 Å². The van der Waals surface area contributed by atoms with Crippen LogP contribution in [0.5, 0.6) is 0 Å². The van der Waals surface area contributed by atoms with Crippen LogP contribution in [0.15, 0.2) is 0 Å². The highest BCUT2D eigenvalue weighted by atomic mass is 16.5. The van der Waals surface area contributed by atoms with Gasteiger partial charge in [-0.1, -0.05) is 33.6 Å². The topological polar surface area (TPSA) is 52.6 Å². The van der Waals surface area contributed by atoms with Gasteiger partial charge in [0.15, 0.2) is 0 Å². The highest BCUT2D eigenvalue weighted by molar-refractivity contribution is 5.70. The minimum Gasteiger partial charge on any atom is -0.466 e. The molecule has 0 aliphatic carbocycles. The highest BCUT2D eigenvalue weighted by Crippen LogP contribution is 2.05. The van der Waals surface area contributed by atoms with E-state index in [4.69, 9.17) is 9.47 Å². The first-order valence-corrected chi connectivity index (χ1v) is 7.37. The predicted octanol–water partition coefficient (Wildman–Crippen LogP) is 3.48. The van der Waals surface area contributed by atoms with E-state index in [1.54, 1.807) is 0 Å². The van der Waals surface area contributed by atoms with Gasteiger partial charge in [-0.15, -0.1) is 0 Å². The number of ether oxygens (including phenoxy) is 2. The summed E-state index contributed by atoms with van der Waals surface area (Å²) in [6, 6.07) is 0. The number of rotatable bonds is 11. The van der Waals surface area contributed by atoms with Crippen LogP contribution in [-0.2, 0) is 19.1 Å².